The lowest BCUT2D eigenvalue weighted by atomic mass is 10.1. The smallest absolute Gasteiger partial charge is 0.236 e. The number of likely N-dealkylation sites (tertiary alicyclic amines) is 1. The van der Waals surface area contributed by atoms with Crippen LogP contribution >= 0.6 is 27.3 Å². The number of hydrogen-bond acceptors (Lipinski definition) is 3. The van der Waals surface area contributed by atoms with Crippen LogP contribution in [0.25, 0.3) is 0 Å². The summed E-state index contributed by atoms with van der Waals surface area (Å²) in [5, 5.41) is 3.18. The van der Waals surface area contributed by atoms with Crippen molar-refractivity contribution in [3.63, 3.8) is 0 Å². The van der Waals surface area contributed by atoms with Gasteiger partial charge < -0.3 is 4.90 Å². The van der Waals surface area contributed by atoms with Crippen LogP contribution in [0.4, 0.5) is 0 Å². The van der Waals surface area contributed by atoms with Crippen LogP contribution in [0.15, 0.2) is 5.38 Å². The van der Waals surface area contributed by atoms with Gasteiger partial charge in [-0.15, -0.1) is 11.3 Å². The number of amides is 1. The average molecular weight is 303 g/mol. The zero-order valence-corrected chi connectivity index (χ0v) is 11.7. The third-order valence-electron chi connectivity index (χ3n) is 2.73. The van der Waals surface area contributed by atoms with Crippen LogP contribution in [-0.4, -0.2) is 33.7 Å². The van der Waals surface area contributed by atoms with E-state index in [0.29, 0.717) is 0 Å². The van der Waals surface area contributed by atoms with Crippen molar-refractivity contribution in [2.24, 2.45) is 0 Å². The van der Waals surface area contributed by atoms with Crippen LogP contribution < -0.4 is 0 Å². The number of aromatic nitrogens is 1. The first-order chi connectivity index (χ1) is 7.66. The van der Waals surface area contributed by atoms with Gasteiger partial charge in [-0.05, 0) is 19.8 Å². The summed E-state index contributed by atoms with van der Waals surface area (Å²) in [7, 11) is 0. The molecular weight excluding hydrogens is 288 g/mol. The lowest BCUT2D eigenvalue weighted by molar-refractivity contribution is -0.132. The van der Waals surface area contributed by atoms with Gasteiger partial charge in [-0.3, -0.25) is 4.79 Å². The first kappa shape index (κ1) is 12.0. The summed E-state index contributed by atoms with van der Waals surface area (Å²) in [6, 6.07) is 0. The van der Waals surface area contributed by atoms with E-state index < -0.39 is 0 Å². The van der Waals surface area contributed by atoms with Gasteiger partial charge in [0.25, 0.3) is 0 Å². The zero-order chi connectivity index (χ0) is 11.5. The standard InChI is InChI=1S/C11H15BrN2OS/c1-8-7-16-10(13-8)4-6-14-5-2-3-9(12)11(14)15/h7,9H,2-6H2,1H3. The van der Waals surface area contributed by atoms with Crippen molar-refractivity contribution < 1.29 is 4.79 Å². The molecule has 1 aromatic heterocycles. The number of hydrogen-bond donors (Lipinski definition) is 0. The van der Waals surface area contributed by atoms with Crippen LogP contribution in [0.3, 0.4) is 0 Å². The normalized spacial score (nSPS) is 21.5. The molecule has 0 spiro atoms. The molecule has 0 radical (unpaired) electrons. The summed E-state index contributed by atoms with van der Waals surface area (Å²) in [6.07, 6.45) is 2.94. The Morgan fingerprint density at radius 2 is 2.50 bits per heavy atom. The van der Waals surface area contributed by atoms with Gasteiger partial charge in [0.05, 0.1) is 9.83 Å². The summed E-state index contributed by atoms with van der Waals surface area (Å²) < 4.78 is 0. The van der Waals surface area contributed by atoms with Crippen molar-refractivity contribution in [3.8, 4) is 0 Å². The molecule has 0 bridgehead atoms. The minimum atomic E-state index is 0.0271. The number of halogens is 1. The van der Waals surface area contributed by atoms with E-state index in [9.17, 15) is 4.79 Å². The molecule has 0 aliphatic carbocycles. The van der Waals surface area contributed by atoms with E-state index in [4.69, 9.17) is 0 Å². The molecule has 5 heteroatoms. The highest BCUT2D eigenvalue weighted by atomic mass is 79.9. The molecule has 1 amide bonds. The monoisotopic (exact) mass is 302 g/mol. The van der Waals surface area contributed by atoms with E-state index in [1.807, 2.05) is 11.8 Å². The molecule has 3 nitrogen and oxygen atoms in total. The Hall–Kier alpha value is -0.420. The van der Waals surface area contributed by atoms with Gasteiger partial charge in [0, 0.05) is 30.6 Å². The number of thiazole rings is 1. The summed E-state index contributed by atoms with van der Waals surface area (Å²) in [4.78, 5) is 18.2. The Balaban J connectivity index is 1.87. The van der Waals surface area contributed by atoms with Crippen molar-refractivity contribution in [2.75, 3.05) is 13.1 Å². The molecule has 1 atom stereocenters. The van der Waals surface area contributed by atoms with E-state index in [2.05, 4.69) is 26.3 Å². The zero-order valence-electron chi connectivity index (χ0n) is 9.28. The lowest BCUT2D eigenvalue weighted by Crippen LogP contribution is -2.42. The molecule has 1 fully saturated rings. The molecule has 0 saturated carbocycles. The maximum atomic E-state index is 11.8. The molecule has 1 aliphatic rings. The molecule has 16 heavy (non-hydrogen) atoms. The van der Waals surface area contributed by atoms with Gasteiger partial charge >= 0.3 is 0 Å². The van der Waals surface area contributed by atoms with E-state index in [0.717, 1.165) is 43.1 Å². The molecule has 88 valence electrons. The fraction of sp³-hybridized carbons (Fsp3) is 0.636. The van der Waals surface area contributed by atoms with Gasteiger partial charge in [0.15, 0.2) is 0 Å². The van der Waals surface area contributed by atoms with E-state index in [-0.39, 0.29) is 10.7 Å². The quantitative estimate of drug-likeness (QED) is 0.803. The number of piperidine rings is 1. The number of alkyl halides is 1. The van der Waals surface area contributed by atoms with Crippen molar-refractivity contribution in [2.45, 2.75) is 31.0 Å². The molecule has 2 heterocycles. The van der Waals surface area contributed by atoms with Crippen LogP contribution in [-0.2, 0) is 11.2 Å². The molecule has 2 rings (SSSR count). The van der Waals surface area contributed by atoms with Crippen molar-refractivity contribution in [1.82, 2.24) is 9.88 Å². The van der Waals surface area contributed by atoms with Crippen LogP contribution in [0, 0.1) is 6.92 Å². The molecule has 0 N–H and O–H groups in total. The predicted octanol–water partition coefficient (Wildman–Crippen LogP) is 2.38. The highest BCUT2D eigenvalue weighted by molar-refractivity contribution is 9.10. The summed E-state index contributed by atoms with van der Waals surface area (Å²) in [5.74, 6) is 0.236. The van der Waals surface area contributed by atoms with Gasteiger partial charge in [-0.1, -0.05) is 15.9 Å². The summed E-state index contributed by atoms with van der Waals surface area (Å²) in [5.41, 5.74) is 1.07. The highest BCUT2D eigenvalue weighted by Crippen LogP contribution is 2.19. The first-order valence-corrected chi connectivity index (χ1v) is 7.30. The lowest BCUT2D eigenvalue weighted by Gasteiger charge is -2.29. The molecule has 1 aromatic rings. The Bertz CT molecular complexity index is 380. The third-order valence-corrected chi connectivity index (χ3v) is 4.60. The molecule has 0 aromatic carbocycles. The average Bonchev–Trinajstić information content (AvgIpc) is 2.67. The van der Waals surface area contributed by atoms with Gasteiger partial charge in [-0.25, -0.2) is 4.98 Å². The van der Waals surface area contributed by atoms with E-state index in [1.165, 1.54) is 0 Å². The number of carbonyl (C=O) groups excluding carboxylic acids is 1. The minimum Gasteiger partial charge on any atom is -0.341 e. The second-order valence-electron chi connectivity index (χ2n) is 4.07. The van der Waals surface area contributed by atoms with Gasteiger partial charge in [0.2, 0.25) is 5.91 Å². The first-order valence-electron chi connectivity index (χ1n) is 5.50. The fourth-order valence-corrected chi connectivity index (χ4v) is 3.24. The van der Waals surface area contributed by atoms with Gasteiger partial charge in [0.1, 0.15) is 0 Å². The Morgan fingerprint density at radius 1 is 1.69 bits per heavy atom. The van der Waals surface area contributed by atoms with E-state index in [1.54, 1.807) is 11.3 Å². The van der Waals surface area contributed by atoms with E-state index >= 15 is 0 Å². The molecular formula is C11H15BrN2OS. The maximum absolute atomic E-state index is 11.8. The second-order valence-corrected chi connectivity index (χ2v) is 6.12. The summed E-state index contributed by atoms with van der Waals surface area (Å²) in [6.45, 7) is 3.69. The minimum absolute atomic E-state index is 0.0271. The number of nitrogens with zero attached hydrogens (tertiary/aromatic N) is 2. The fourth-order valence-electron chi connectivity index (χ4n) is 1.86. The number of aryl methyl sites for hydroxylation is 1. The third kappa shape index (κ3) is 2.83. The number of rotatable bonds is 3. The second kappa shape index (κ2) is 5.27. The largest absolute Gasteiger partial charge is 0.341 e. The Labute approximate surface area is 108 Å². The van der Waals surface area contributed by atoms with Crippen LogP contribution in [0.2, 0.25) is 0 Å². The van der Waals surface area contributed by atoms with Crippen molar-refractivity contribution in [3.05, 3.63) is 16.1 Å². The molecule has 1 unspecified atom stereocenters. The van der Waals surface area contributed by atoms with Crippen molar-refractivity contribution >= 4 is 33.2 Å². The van der Waals surface area contributed by atoms with Crippen molar-refractivity contribution in [1.29, 1.82) is 0 Å². The van der Waals surface area contributed by atoms with Crippen LogP contribution in [0.5, 0.6) is 0 Å². The van der Waals surface area contributed by atoms with Crippen LogP contribution in [0.1, 0.15) is 23.5 Å². The molecule has 1 saturated heterocycles. The predicted molar refractivity (Wildman–Crippen MR) is 69.1 cm³/mol. The topological polar surface area (TPSA) is 33.2 Å². The number of carbonyl (C=O) groups is 1. The van der Waals surface area contributed by atoms with Gasteiger partial charge in [-0.2, -0.15) is 0 Å². The highest BCUT2D eigenvalue weighted by Gasteiger charge is 2.25. The SMILES string of the molecule is Cc1csc(CCN2CCCC(Br)C2=O)n1. The Morgan fingerprint density at radius 3 is 3.19 bits per heavy atom. The molecule has 1 aliphatic heterocycles. The Kier molecular flexibility index (Phi) is 3.97. The maximum Gasteiger partial charge on any atom is 0.236 e. The summed E-state index contributed by atoms with van der Waals surface area (Å²) >= 11 is 5.10.